The smallest absolute Gasteiger partial charge is 0.271 e. The van der Waals surface area contributed by atoms with Gasteiger partial charge < -0.3 is 4.42 Å². The summed E-state index contributed by atoms with van der Waals surface area (Å²) >= 11 is 9.18. The van der Waals surface area contributed by atoms with Crippen LogP contribution in [0.1, 0.15) is 16.1 Å². The van der Waals surface area contributed by atoms with E-state index in [2.05, 4.69) is 26.5 Å². The molecule has 0 saturated heterocycles. The van der Waals surface area contributed by atoms with E-state index in [0.717, 1.165) is 15.8 Å². The van der Waals surface area contributed by atoms with Crippen molar-refractivity contribution >= 4 is 39.7 Å². The van der Waals surface area contributed by atoms with Crippen LogP contribution in [0.15, 0.2) is 74.7 Å². The van der Waals surface area contributed by atoms with Gasteiger partial charge in [-0.1, -0.05) is 39.7 Å². The van der Waals surface area contributed by atoms with Gasteiger partial charge in [-0.15, -0.1) is 0 Å². The summed E-state index contributed by atoms with van der Waals surface area (Å²) in [5.41, 5.74) is 3.88. The number of hydrazone groups is 1. The lowest BCUT2D eigenvalue weighted by Gasteiger charge is -1.99. The first-order chi connectivity index (χ1) is 11.6. The minimum Gasteiger partial charge on any atom is -0.455 e. The highest BCUT2D eigenvalue weighted by Crippen LogP contribution is 2.23. The van der Waals surface area contributed by atoms with Crippen LogP contribution in [0.25, 0.3) is 11.3 Å². The van der Waals surface area contributed by atoms with Crippen molar-refractivity contribution in [2.24, 2.45) is 5.10 Å². The van der Waals surface area contributed by atoms with E-state index in [1.165, 1.54) is 6.21 Å². The molecule has 0 radical (unpaired) electrons. The van der Waals surface area contributed by atoms with Gasteiger partial charge in [-0.25, -0.2) is 5.43 Å². The lowest BCUT2D eigenvalue weighted by molar-refractivity contribution is 0.0955. The Morgan fingerprint density at radius 3 is 2.46 bits per heavy atom. The summed E-state index contributed by atoms with van der Waals surface area (Å²) in [5, 5.41) is 4.48. The number of furan rings is 1. The lowest BCUT2D eigenvalue weighted by atomic mass is 10.2. The van der Waals surface area contributed by atoms with Gasteiger partial charge in [0.2, 0.25) is 0 Å². The normalized spacial score (nSPS) is 10.9. The number of halogens is 2. The number of carbonyl (C=O) groups excluding carboxylic acids is 1. The first kappa shape index (κ1) is 16.5. The van der Waals surface area contributed by atoms with E-state index in [9.17, 15) is 4.79 Å². The molecule has 1 heterocycles. The Bertz CT molecular complexity index is 871. The van der Waals surface area contributed by atoms with E-state index in [4.69, 9.17) is 16.0 Å². The van der Waals surface area contributed by atoms with E-state index in [1.807, 2.05) is 30.3 Å². The van der Waals surface area contributed by atoms with Gasteiger partial charge in [-0.05, 0) is 48.5 Å². The van der Waals surface area contributed by atoms with Crippen molar-refractivity contribution in [1.29, 1.82) is 0 Å². The number of rotatable bonds is 4. The third-order valence-corrected chi connectivity index (χ3v) is 4.00. The van der Waals surface area contributed by atoms with Crippen LogP contribution in [0, 0.1) is 0 Å². The fraction of sp³-hybridized carbons (Fsp3) is 0. The Labute approximate surface area is 152 Å². The Kier molecular flexibility index (Phi) is 5.13. The van der Waals surface area contributed by atoms with Crippen LogP contribution in [0.3, 0.4) is 0 Å². The third kappa shape index (κ3) is 4.13. The van der Waals surface area contributed by atoms with E-state index in [-0.39, 0.29) is 5.91 Å². The standard InChI is InChI=1S/C18H12BrClN2O2/c19-14-5-1-12(2-6-14)17-10-9-16(24-17)11-21-22-18(23)13-3-7-15(20)8-4-13/h1-11H,(H,22,23)/b21-11+. The quantitative estimate of drug-likeness (QED) is 0.485. The van der Waals surface area contributed by atoms with Crippen LogP contribution >= 0.6 is 27.5 Å². The van der Waals surface area contributed by atoms with E-state index < -0.39 is 0 Å². The summed E-state index contributed by atoms with van der Waals surface area (Å²) in [6.45, 7) is 0. The van der Waals surface area contributed by atoms with Gasteiger partial charge in [0.1, 0.15) is 11.5 Å². The Morgan fingerprint density at radius 1 is 1.04 bits per heavy atom. The number of hydrogen-bond acceptors (Lipinski definition) is 3. The summed E-state index contributed by atoms with van der Waals surface area (Å²) < 4.78 is 6.68. The zero-order valence-corrected chi connectivity index (χ0v) is 14.7. The molecule has 3 aromatic rings. The molecule has 24 heavy (non-hydrogen) atoms. The van der Waals surface area contributed by atoms with Gasteiger partial charge in [-0.2, -0.15) is 5.10 Å². The number of nitrogens with zero attached hydrogens (tertiary/aromatic N) is 1. The zero-order valence-electron chi connectivity index (χ0n) is 12.4. The number of amides is 1. The molecule has 3 rings (SSSR count). The average molecular weight is 404 g/mol. The molecular formula is C18H12BrClN2O2. The fourth-order valence-corrected chi connectivity index (χ4v) is 2.40. The van der Waals surface area contributed by atoms with Crippen molar-refractivity contribution in [1.82, 2.24) is 5.43 Å². The Hall–Kier alpha value is -2.37. The SMILES string of the molecule is O=C(N/N=C/c1ccc(-c2ccc(Br)cc2)o1)c1ccc(Cl)cc1. The van der Waals surface area contributed by atoms with E-state index in [0.29, 0.717) is 16.3 Å². The highest BCUT2D eigenvalue weighted by molar-refractivity contribution is 9.10. The second-order valence-electron chi connectivity index (χ2n) is 4.91. The molecule has 2 aromatic carbocycles. The summed E-state index contributed by atoms with van der Waals surface area (Å²) in [5.74, 6) is 0.958. The van der Waals surface area contributed by atoms with Crippen molar-refractivity contribution in [2.45, 2.75) is 0 Å². The average Bonchev–Trinajstić information content (AvgIpc) is 3.05. The Balaban J connectivity index is 1.64. The molecule has 0 spiro atoms. The van der Waals surface area contributed by atoms with E-state index in [1.54, 1.807) is 30.3 Å². The largest absolute Gasteiger partial charge is 0.455 e. The maximum Gasteiger partial charge on any atom is 0.271 e. The predicted octanol–water partition coefficient (Wildman–Crippen LogP) is 5.13. The minimum atomic E-state index is -0.317. The molecule has 120 valence electrons. The highest BCUT2D eigenvalue weighted by atomic mass is 79.9. The molecule has 0 aliphatic rings. The third-order valence-electron chi connectivity index (χ3n) is 3.22. The van der Waals surface area contributed by atoms with E-state index >= 15 is 0 Å². The molecule has 0 saturated carbocycles. The summed E-state index contributed by atoms with van der Waals surface area (Å²) in [6, 6.07) is 18.0. The van der Waals surface area contributed by atoms with Gasteiger partial charge in [0.25, 0.3) is 5.91 Å². The topological polar surface area (TPSA) is 54.6 Å². The minimum absolute atomic E-state index is 0.317. The van der Waals surface area contributed by atoms with Crippen LogP contribution in [0.2, 0.25) is 5.02 Å². The van der Waals surface area contributed by atoms with Gasteiger partial charge >= 0.3 is 0 Å². The molecule has 0 aliphatic carbocycles. The molecule has 0 atom stereocenters. The molecule has 1 N–H and O–H groups in total. The monoisotopic (exact) mass is 402 g/mol. The van der Waals surface area contributed by atoms with Crippen LogP contribution < -0.4 is 5.43 Å². The highest BCUT2D eigenvalue weighted by Gasteiger charge is 2.05. The summed E-state index contributed by atoms with van der Waals surface area (Å²) in [6.07, 6.45) is 1.45. The second-order valence-corrected chi connectivity index (χ2v) is 6.27. The summed E-state index contributed by atoms with van der Waals surface area (Å²) in [4.78, 5) is 11.9. The Morgan fingerprint density at radius 2 is 1.75 bits per heavy atom. The first-order valence-electron chi connectivity index (χ1n) is 7.06. The van der Waals surface area contributed by atoms with Gasteiger partial charge in [-0.3, -0.25) is 4.79 Å². The predicted molar refractivity (Wildman–Crippen MR) is 98.4 cm³/mol. The van der Waals surface area contributed by atoms with Crippen LogP contribution in [0.4, 0.5) is 0 Å². The van der Waals surface area contributed by atoms with Gasteiger partial charge in [0, 0.05) is 20.6 Å². The molecule has 0 bridgehead atoms. The summed E-state index contributed by atoms with van der Waals surface area (Å²) in [7, 11) is 0. The van der Waals surface area contributed by atoms with Crippen LogP contribution in [-0.2, 0) is 0 Å². The molecule has 1 aromatic heterocycles. The van der Waals surface area contributed by atoms with Crippen LogP contribution in [-0.4, -0.2) is 12.1 Å². The maximum absolute atomic E-state index is 11.9. The van der Waals surface area contributed by atoms with Crippen molar-refractivity contribution < 1.29 is 9.21 Å². The number of hydrogen-bond donors (Lipinski definition) is 1. The molecular weight excluding hydrogens is 392 g/mol. The maximum atomic E-state index is 11.9. The number of carbonyl (C=O) groups is 1. The van der Waals surface area contributed by atoms with Gasteiger partial charge in [0.15, 0.2) is 0 Å². The second kappa shape index (κ2) is 7.47. The number of benzene rings is 2. The fourth-order valence-electron chi connectivity index (χ4n) is 2.01. The molecule has 1 amide bonds. The molecule has 0 fully saturated rings. The van der Waals surface area contributed by atoms with Crippen molar-refractivity contribution in [3.8, 4) is 11.3 Å². The zero-order chi connectivity index (χ0) is 16.9. The molecule has 0 aliphatic heterocycles. The molecule has 4 nitrogen and oxygen atoms in total. The lowest BCUT2D eigenvalue weighted by Crippen LogP contribution is -2.17. The van der Waals surface area contributed by atoms with Crippen molar-refractivity contribution in [3.63, 3.8) is 0 Å². The first-order valence-corrected chi connectivity index (χ1v) is 8.24. The molecule has 0 unspecified atom stereocenters. The van der Waals surface area contributed by atoms with Crippen molar-refractivity contribution in [2.75, 3.05) is 0 Å². The van der Waals surface area contributed by atoms with Gasteiger partial charge in [0.05, 0.1) is 6.21 Å². The van der Waals surface area contributed by atoms with Crippen LogP contribution in [0.5, 0.6) is 0 Å². The van der Waals surface area contributed by atoms with Crippen molar-refractivity contribution in [3.05, 3.63) is 81.5 Å². The molecule has 6 heteroatoms. The number of nitrogens with one attached hydrogen (secondary N) is 1.